The summed E-state index contributed by atoms with van der Waals surface area (Å²) in [7, 11) is 0. The van der Waals surface area contributed by atoms with Gasteiger partial charge >= 0.3 is 0 Å². The number of nitriles is 2. The van der Waals surface area contributed by atoms with Crippen LogP contribution < -0.4 is 0 Å². The molecule has 0 heterocycles. The van der Waals surface area contributed by atoms with Gasteiger partial charge in [-0.2, -0.15) is 10.5 Å². The molecule has 2 rings (SSSR count). The second kappa shape index (κ2) is 9.54. The normalized spacial score (nSPS) is 9.04. The number of phenols is 2. The summed E-state index contributed by atoms with van der Waals surface area (Å²) in [4.78, 5) is 0. The molecule has 6 nitrogen and oxygen atoms in total. The van der Waals surface area contributed by atoms with E-state index in [-0.39, 0.29) is 16.9 Å². The standard InChI is InChI=1S/C15H16O2.2CHNO/c1-15(2,11-3-7-13(16)8-4-11)12-5-9-14(17)10-6-12;2*2-1-3/h3-10,16-17H,1-2H3;2*3H. The van der Waals surface area contributed by atoms with Crippen molar-refractivity contribution in [3.05, 3.63) is 59.7 Å². The van der Waals surface area contributed by atoms with Gasteiger partial charge in [-0.3, -0.25) is 0 Å². The van der Waals surface area contributed by atoms with Gasteiger partial charge in [-0.05, 0) is 35.4 Å². The largest absolute Gasteiger partial charge is 0.508 e. The molecule has 0 atom stereocenters. The van der Waals surface area contributed by atoms with Gasteiger partial charge in [0, 0.05) is 5.41 Å². The average molecular weight is 314 g/mol. The lowest BCUT2D eigenvalue weighted by atomic mass is 9.78. The fourth-order valence-corrected chi connectivity index (χ4v) is 1.92. The number of nitrogens with zero attached hydrogens (tertiary/aromatic N) is 2. The maximum atomic E-state index is 9.30. The van der Waals surface area contributed by atoms with Crippen molar-refractivity contribution in [1.82, 2.24) is 0 Å². The lowest BCUT2D eigenvalue weighted by molar-refractivity contribution is 0.474. The number of aromatic hydroxyl groups is 2. The van der Waals surface area contributed by atoms with E-state index < -0.39 is 0 Å². The topological polar surface area (TPSA) is 128 Å². The van der Waals surface area contributed by atoms with Crippen molar-refractivity contribution in [2.45, 2.75) is 19.3 Å². The van der Waals surface area contributed by atoms with Gasteiger partial charge in [-0.25, -0.2) is 0 Å². The van der Waals surface area contributed by atoms with Gasteiger partial charge in [0.05, 0.1) is 0 Å². The van der Waals surface area contributed by atoms with E-state index in [9.17, 15) is 10.2 Å². The third-order valence-corrected chi connectivity index (χ3v) is 3.18. The van der Waals surface area contributed by atoms with E-state index in [1.807, 2.05) is 24.3 Å². The van der Waals surface area contributed by atoms with Gasteiger partial charge in [-0.15, -0.1) is 0 Å². The van der Waals surface area contributed by atoms with Crippen molar-refractivity contribution in [2.24, 2.45) is 0 Å². The second-order valence-electron chi connectivity index (χ2n) is 4.92. The molecule has 0 amide bonds. The predicted molar refractivity (Wildman–Crippen MR) is 83.4 cm³/mol. The number of hydrogen-bond acceptors (Lipinski definition) is 6. The molecule has 2 aromatic carbocycles. The van der Waals surface area contributed by atoms with Crippen LogP contribution in [0.2, 0.25) is 0 Å². The Kier molecular flexibility index (Phi) is 8.14. The van der Waals surface area contributed by atoms with Crippen LogP contribution in [0.15, 0.2) is 48.5 Å². The van der Waals surface area contributed by atoms with Gasteiger partial charge in [0.15, 0.2) is 0 Å². The number of hydrogen-bond donors (Lipinski definition) is 4. The van der Waals surface area contributed by atoms with Crippen molar-refractivity contribution in [3.63, 3.8) is 0 Å². The lowest BCUT2D eigenvalue weighted by Gasteiger charge is -2.26. The Morgan fingerprint density at radius 3 is 1.13 bits per heavy atom. The summed E-state index contributed by atoms with van der Waals surface area (Å²) in [5.41, 5.74) is 2.10. The highest BCUT2D eigenvalue weighted by Gasteiger charge is 2.22. The SMILES string of the molecule is CC(C)(c1ccc(O)cc1)c1ccc(O)cc1.N#CO.N#CO. The van der Waals surface area contributed by atoms with E-state index >= 15 is 0 Å². The first-order chi connectivity index (χ1) is 10.8. The minimum absolute atomic E-state index is 0.151. The molecule has 0 spiro atoms. The summed E-state index contributed by atoms with van der Waals surface area (Å²) in [6.45, 7) is 4.23. The molecular formula is C17H18N2O4. The average Bonchev–Trinajstić information content (AvgIpc) is 2.50. The molecule has 0 fully saturated rings. The Bertz CT molecular complexity index is 606. The second-order valence-corrected chi connectivity index (χ2v) is 4.92. The molecule has 0 unspecified atom stereocenters. The molecule has 0 saturated carbocycles. The van der Waals surface area contributed by atoms with Crippen LogP contribution in [0.5, 0.6) is 11.5 Å². The first-order valence-corrected chi connectivity index (χ1v) is 6.48. The summed E-state index contributed by atoms with van der Waals surface area (Å²) in [6, 6.07) is 14.4. The van der Waals surface area contributed by atoms with Gasteiger partial charge in [0.25, 0.3) is 12.5 Å². The van der Waals surface area contributed by atoms with E-state index in [0.717, 1.165) is 23.6 Å². The summed E-state index contributed by atoms with van der Waals surface area (Å²) in [6.07, 6.45) is 1.50. The minimum atomic E-state index is -0.151. The van der Waals surface area contributed by atoms with Crippen LogP contribution in [0, 0.1) is 23.0 Å². The third-order valence-electron chi connectivity index (χ3n) is 3.18. The molecular weight excluding hydrogens is 296 g/mol. The fraction of sp³-hybridized carbons (Fsp3) is 0.176. The van der Waals surface area contributed by atoms with Crippen molar-refractivity contribution in [3.8, 4) is 24.0 Å². The maximum absolute atomic E-state index is 9.30. The zero-order chi connectivity index (χ0) is 17.9. The zero-order valence-corrected chi connectivity index (χ0v) is 12.8. The first-order valence-electron chi connectivity index (χ1n) is 6.48. The molecule has 2 aromatic rings. The van der Waals surface area contributed by atoms with E-state index in [1.54, 1.807) is 24.3 Å². The number of rotatable bonds is 2. The predicted octanol–water partition coefficient (Wildman–Crippen LogP) is 3.10. The van der Waals surface area contributed by atoms with Crippen LogP contribution in [-0.4, -0.2) is 20.4 Å². The summed E-state index contributed by atoms with van der Waals surface area (Å²) < 4.78 is 0. The van der Waals surface area contributed by atoms with Crippen molar-refractivity contribution < 1.29 is 20.4 Å². The molecule has 0 aliphatic rings. The number of aliphatic hydroxyl groups excluding tert-OH is 2. The highest BCUT2D eigenvalue weighted by Crippen LogP contribution is 2.32. The monoisotopic (exact) mass is 314 g/mol. The third kappa shape index (κ3) is 6.28. The number of phenolic OH excluding ortho intramolecular Hbond substituents is 2. The van der Waals surface area contributed by atoms with Gasteiger partial charge in [0.1, 0.15) is 11.5 Å². The highest BCUT2D eigenvalue weighted by atomic mass is 16.3. The molecule has 120 valence electrons. The van der Waals surface area contributed by atoms with Crippen LogP contribution in [0.4, 0.5) is 0 Å². The van der Waals surface area contributed by atoms with E-state index in [1.165, 1.54) is 0 Å². The minimum Gasteiger partial charge on any atom is -0.508 e. The Labute approximate surface area is 134 Å². The molecule has 6 heteroatoms. The molecule has 0 aliphatic carbocycles. The van der Waals surface area contributed by atoms with Crippen LogP contribution in [0.1, 0.15) is 25.0 Å². The van der Waals surface area contributed by atoms with Crippen molar-refractivity contribution >= 4 is 0 Å². The number of benzene rings is 2. The van der Waals surface area contributed by atoms with E-state index in [0.29, 0.717) is 0 Å². The Balaban J connectivity index is 0.000000704. The van der Waals surface area contributed by atoms with Crippen molar-refractivity contribution in [1.29, 1.82) is 10.5 Å². The fourth-order valence-electron chi connectivity index (χ4n) is 1.92. The summed E-state index contributed by atoms with van der Waals surface area (Å²) in [5, 5.41) is 46.1. The van der Waals surface area contributed by atoms with Gasteiger partial charge in [-0.1, -0.05) is 38.1 Å². The molecule has 0 bridgehead atoms. The summed E-state index contributed by atoms with van der Waals surface area (Å²) in [5.74, 6) is 0.547. The summed E-state index contributed by atoms with van der Waals surface area (Å²) >= 11 is 0. The van der Waals surface area contributed by atoms with Crippen LogP contribution in [0.25, 0.3) is 0 Å². The maximum Gasteiger partial charge on any atom is 0.283 e. The van der Waals surface area contributed by atoms with Crippen LogP contribution in [0.3, 0.4) is 0 Å². The molecule has 4 N–H and O–H groups in total. The Morgan fingerprint density at radius 1 is 0.696 bits per heavy atom. The van der Waals surface area contributed by atoms with Crippen LogP contribution in [-0.2, 0) is 5.41 Å². The lowest BCUT2D eigenvalue weighted by Crippen LogP contribution is -2.18. The van der Waals surface area contributed by atoms with Crippen molar-refractivity contribution in [2.75, 3.05) is 0 Å². The smallest absolute Gasteiger partial charge is 0.283 e. The van der Waals surface area contributed by atoms with E-state index in [2.05, 4.69) is 13.8 Å². The first kappa shape index (κ1) is 19.6. The molecule has 23 heavy (non-hydrogen) atoms. The molecule has 0 aliphatic heterocycles. The van der Waals surface area contributed by atoms with E-state index in [4.69, 9.17) is 20.7 Å². The zero-order valence-electron chi connectivity index (χ0n) is 12.8. The van der Waals surface area contributed by atoms with Gasteiger partial charge in [0.2, 0.25) is 0 Å². The Hall–Kier alpha value is -3.38. The van der Waals surface area contributed by atoms with Crippen LogP contribution >= 0.6 is 0 Å². The quantitative estimate of drug-likeness (QED) is 0.630. The molecule has 0 radical (unpaired) electrons. The molecule has 0 aromatic heterocycles. The van der Waals surface area contributed by atoms with Gasteiger partial charge < -0.3 is 20.4 Å². The highest BCUT2D eigenvalue weighted by molar-refractivity contribution is 5.41. The number of aliphatic hydroxyl groups is 2. The molecule has 0 saturated heterocycles. The Morgan fingerprint density at radius 2 is 0.913 bits per heavy atom.